The first-order valence-electron chi connectivity index (χ1n) is 8.02. The molecule has 0 saturated carbocycles. The van der Waals surface area contributed by atoms with Gasteiger partial charge in [0.05, 0.1) is 27.8 Å². The van der Waals surface area contributed by atoms with Gasteiger partial charge in [0.1, 0.15) is 11.9 Å². The summed E-state index contributed by atoms with van der Waals surface area (Å²) in [6.45, 7) is 1.41. The van der Waals surface area contributed by atoms with Gasteiger partial charge in [-0.15, -0.1) is 0 Å². The van der Waals surface area contributed by atoms with Crippen molar-refractivity contribution in [2.75, 3.05) is 21.3 Å². The molecule has 0 unspecified atom stereocenters. The third-order valence-electron chi connectivity index (χ3n) is 4.01. The number of amides is 1. The molecule has 0 fully saturated rings. The van der Waals surface area contributed by atoms with E-state index in [1.807, 2.05) is 0 Å². The van der Waals surface area contributed by atoms with Crippen LogP contribution >= 0.6 is 0 Å². The van der Waals surface area contributed by atoms with E-state index in [-0.39, 0.29) is 6.42 Å². The Bertz CT molecular complexity index is 673. The lowest BCUT2D eigenvalue weighted by Gasteiger charge is -2.27. The molecule has 27 heavy (non-hydrogen) atoms. The molecule has 9 heteroatoms. The largest absolute Gasteiger partial charge is 0.468 e. The molecule has 8 nitrogen and oxygen atoms in total. The second-order valence-corrected chi connectivity index (χ2v) is 5.75. The highest BCUT2D eigenvalue weighted by molar-refractivity contribution is 5.96. The number of ether oxygens (including phenoxy) is 3. The number of halogens is 1. The number of hydrogen-bond donors (Lipinski definition) is 1. The van der Waals surface area contributed by atoms with Crippen LogP contribution in [0.1, 0.15) is 12.5 Å². The molecule has 0 bridgehead atoms. The Morgan fingerprint density at radius 1 is 0.926 bits per heavy atom. The van der Waals surface area contributed by atoms with E-state index in [9.17, 15) is 23.6 Å². The third kappa shape index (κ3) is 6.05. The average Bonchev–Trinajstić information content (AvgIpc) is 2.66. The molecule has 1 amide bonds. The van der Waals surface area contributed by atoms with Gasteiger partial charge in [0, 0.05) is 5.92 Å². The first-order chi connectivity index (χ1) is 12.7. The molecule has 1 aromatic rings. The average molecular weight is 383 g/mol. The minimum atomic E-state index is -1.43. The van der Waals surface area contributed by atoms with Crippen molar-refractivity contribution in [3.05, 3.63) is 35.6 Å². The van der Waals surface area contributed by atoms with Gasteiger partial charge in [-0.05, 0) is 17.7 Å². The molecule has 1 aromatic carbocycles. The van der Waals surface area contributed by atoms with Gasteiger partial charge in [0.25, 0.3) is 0 Å². The molecule has 0 heterocycles. The zero-order chi connectivity index (χ0) is 20.6. The normalized spacial score (nSPS) is 12.7. The summed E-state index contributed by atoms with van der Waals surface area (Å²) in [6, 6.07) is 3.96. The summed E-state index contributed by atoms with van der Waals surface area (Å²) in [6.07, 6.45) is -0.137. The predicted octanol–water partition coefficient (Wildman–Crippen LogP) is 0.624. The zero-order valence-corrected chi connectivity index (χ0v) is 15.5. The summed E-state index contributed by atoms with van der Waals surface area (Å²) >= 11 is 0. The van der Waals surface area contributed by atoms with E-state index < -0.39 is 47.5 Å². The van der Waals surface area contributed by atoms with Gasteiger partial charge < -0.3 is 19.5 Å². The van der Waals surface area contributed by atoms with Crippen molar-refractivity contribution >= 4 is 23.8 Å². The van der Waals surface area contributed by atoms with E-state index in [1.165, 1.54) is 31.2 Å². The Kier molecular flexibility index (Phi) is 8.37. The minimum Gasteiger partial charge on any atom is -0.468 e. The molecule has 0 aliphatic heterocycles. The number of nitrogens with one attached hydrogen (secondary N) is 1. The van der Waals surface area contributed by atoms with Gasteiger partial charge in [-0.1, -0.05) is 19.1 Å². The number of benzene rings is 1. The lowest BCUT2D eigenvalue weighted by molar-refractivity contribution is -0.163. The highest BCUT2D eigenvalue weighted by Crippen LogP contribution is 2.20. The third-order valence-corrected chi connectivity index (χ3v) is 4.01. The van der Waals surface area contributed by atoms with Crippen LogP contribution in [-0.2, 0) is 39.8 Å². The van der Waals surface area contributed by atoms with Crippen LogP contribution < -0.4 is 5.32 Å². The van der Waals surface area contributed by atoms with Crippen molar-refractivity contribution in [3.63, 3.8) is 0 Å². The van der Waals surface area contributed by atoms with Crippen molar-refractivity contribution < 1.29 is 37.8 Å². The summed E-state index contributed by atoms with van der Waals surface area (Å²) in [5.74, 6) is -6.11. The monoisotopic (exact) mass is 383 g/mol. The number of esters is 3. The molecule has 0 aliphatic carbocycles. The summed E-state index contributed by atoms with van der Waals surface area (Å²) in [5.41, 5.74) is 0.516. The zero-order valence-electron chi connectivity index (χ0n) is 15.5. The van der Waals surface area contributed by atoms with Crippen LogP contribution in [0.15, 0.2) is 24.3 Å². The standard InChI is InChI=1S/C18H22FNO7/c1-10(14(16(22)25-2)17(23)26-3)15(18(24)27-4)20-13(21)9-11-5-7-12(19)8-6-11/h5-8,10,14-15H,9H2,1-4H3,(H,20,21)/t10-,15-/m1/s1. The second kappa shape index (κ2) is 10.2. The van der Waals surface area contributed by atoms with Crippen molar-refractivity contribution in [2.45, 2.75) is 19.4 Å². The minimum absolute atomic E-state index is 0.137. The Labute approximate surface area is 156 Å². The topological polar surface area (TPSA) is 108 Å². The van der Waals surface area contributed by atoms with E-state index in [0.29, 0.717) is 5.56 Å². The van der Waals surface area contributed by atoms with Gasteiger partial charge in [0.15, 0.2) is 5.92 Å². The number of carbonyl (C=O) groups is 4. The van der Waals surface area contributed by atoms with Crippen LogP contribution in [-0.4, -0.2) is 51.2 Å². The first kappa shape index (κ1) is 22.1. The fourth-order valence-corrected chi connectivity index (χ4v) is 2.52. The molecule has 1 rings (SSSR count). The van der Waals surface area contributed by atoms with Crippen LogP contribution in [0, 0.1) is 17.7 Å². The van der Waals surface area contributed by atoms with E-state index in [0.717, 1.165) is 21.3 Å². The van der Waals surface area contributed by atoms with Crippen molar-refractivity contribution in [2.24, 2.45) is 11.8 Å². The summed E-state index contributed by atoms with van der Waals surface area (Å²) < 4.78 is 26.8. The maximum atomic E-state index is 12.9. The van der Waals surface area contributed by atoms with Crippen LogP contribution in [0.3, 0.4) is 0 Å². The summed E-state index contributed by atoms with van der Waals surface area (Å²) in [7, 11) is 3.29. The molecule has 148 valence electrons. The first-order valence-corrected chi connectivity index (χ1v) is 8.02. The van der Waals surface area contributed by atoms with Gasteiger partial charge in [-0.3, -0.25) is 14.4 Å². The second-order valence-electron chi connectivity index (χ2n) is 5.75. The molecule has 0 aromatic heterocycles. The summed E-state index contributed by atoms with van der Waals surface area (Å²) in [4.78, 5) is 48.3. The molecule has 1 N–H and O–H groups in total. The van der Waals surface area contributed by atoms with Gasteiger partial charge in [-0.25, -0.2) is 9.18 Å². The highest BCUT2D eigenvalue weighted by Gasteiger charge is 2.42. The Hall–Kier alpha value is -2.97. The lowest BCUT2D eigenvalue weighted by atomic mass is 9.87. The Morgan fingerprint density at radius 3 is 1.85 bits per heavy atom. The molecule has 0 aliphatic rings. The lowest BCUT2D eigenvalue weighted by Crippen LogP contribution is -2.51. The number of hydrogen-bond acceptors (Lipinski definition) is 7. The smallest absolute Gasteiger partial charge is 0.328 e. The van der Waals surface area contributed by atoms with E-state index in [2.05, 4.69) is 19.5 Å². The SMILES string of the molecule is COC(=O)C(C(=O)OC)[C@@H](C)[C@@H](NC(=O)Cc1ccc(F)cc1)C(=O)OC. The fraction of sp³-hybridized carbons (Fsp3) is 0.444. The predicted molar refractivity (Wildman–Crippen MR) is 90.7 cm³/mol. The number of methoxy groups -OCH3 is 3. The van der Waals surface area contributed by atoms with E-state index >= 15 is 0 Å². The van der Waals surface area contributed by atoms with E-state index in [1.54, 1.807) is 0 Å². The number of rotatable bonds is 8. The van der Waals surface area contributed by atoms with Crippen molar-refractivity contribution in [1.82, 2.24) is 5.32 Å². The molecule has 0 radical (unpaired) electrons. The molecular weight excluding hydrogens is 361 g/mol. The Morgan fingerprint density at radius 2 is 1.41 bits per heavy atom. The molecule has 2 atom stereocenters. The molecule has 0 saturated heterocycles. The van der Waals surface area contributed by atoms with Crippen molar-refractivity contribution in [3.8, 4) is 0 Å². The molecular formula is C18H22FNO7. The maximum absolute atomic E-state index is 12.9. The van der Waals surface area contributed by atoms with Crippen molar-refractivity contribution in [1.29, 1.82) is 0 Å². The van der Waals surface area contributed by atoms with Gasteiger partial charge in [-0.2, -0.15) is 0 Å². The van der Waals surface area contributed by atoms with E-state index in [4.69, 9.17) is 0 Å². The fourth-order valence-electron chi connectivity index (χ4n) is 2.52. The summed E-state index contributed by atoms with van der Waals surface area (Å²) in [5, 5.41) is 2.45. The quantitative estimate of drug-likeness (QED) is 0.398. The highest BCUT2D eigenvalue weighted by atomic mass is 19.1. The number of carbonyl (C=O) groups excluding carboxylic acids is 4. The van der Waals surface area contributed by atoms with Crippen LogP contribution in [0.2, 0.25) is 0 Å². The molecule has 0 spiro atoms. The van der Waals surface area contributed by atoms with Gasteiger partial charge in [0.2, 0.25) is 5.91 Å². The van der Waals surface area contributed by atoms with Gasteiger partial charge >= 0.3 is 17.9 Å². The van der Waals surface area contributed by atoms with Crippen LogP contribution in [0.25, 0.3) is 0 Å². The Balaban J connectivity index is 3.00. The van der Waals surface area contributed by atoms with Crippen LogP contribution in [0.4, 0.5) is 4.39 Å². The van der Waals surface area contributed by atoms with Crippen LogP contribution in [0.5, 0.6) is 0 Å². The maximum Gasteiger partial charge on any atom is 0.328 e.